The number of hydrogen-bond acceptors (Lipinski definition) is 4. The van der Waals surface area contributed by atoms with Gasteiger partial charge in [-0.25, -0.2) is 4.98 Å². The van der Waals surface area contributed by atoms with Gasteiger partial charge in [-0.05, 0) is 73.6 Å². The van der Waals surface area contributed by atoms with E-state index in [1.54, 1.807) is 0 Å². The summed E-state index contributed by atoms with van der Waals surface area (Å²) in [6.45, 7) is 6.69. The molecule has 0 unspecified atom stereocenters. The van der Waals surface area contributed by atoms with Crippen LogP contribution >= 0.6 is 23.8 Å². The lowest BCUT2D eigenvalue weighted by Crippen LogP contribution is -2.45. The summed E-state index contributed by atoms with van der Waals surface area (Å²) in [5, 5.41) is 8.08. The molecule has 0 bridgehead atoms. The van der Waals surface area contributed by atoms with Crippen molar-refractivity contribution in [2.24, 2.45) is 5.92 Å². The fraction of sp³-hybridized carbons (Fsp3) is 0.500. The predicted octanol–water partition coefficient (Wildman–Crippen LogP) is 5.01. The fourth-order valence-corrected chi connectivity index (χ4v) is 5.00. The number of piperidine rings is 1. The molecule has 1 aromatic carbocycles. The number of nitrogens with zero attached hydrogens (tertiary/aromatic N) is 2. The number of benzene rings is 1. The molecule has 0 amide bonds. The molecule has 31 heavy (non-hydrogen) atoms. The topological polar surface area (TPSA) is 49.4 Å². The Morgan fingerprint density at radius 1 is 1.29 bits per heavy atom. The average Bonchev–Trinajstić information content (AvgIpc) is 2.79. The van der Waals surface area contributed by atoms with Crippen molar-refractivity contribution in [3.05, 3.63) is 53.2 Å². The third-order valence-electron chi connectivity index (χ3n) is 6.46. The molecule has 166 valence electrons. The Morgan fingerprint density at radius 3 is 2.84 bits per heavy atom. The van der Waals surface area contributed by atoms with Gasteiger partial charge in [0.1, 0.15) is 5.82 Å². The Balaban J connectivity index is 1.36. The van der Waals surface area contributed by atoms with Crippen molar-refractivity contribution in [3.8, 4) is 0 Å². The third-order valence-corrected chi connectivity index (χ3v) is 6.94. The summed E-state index contributed by atoms with van der Waals surface area (Å²) in [5.74, 6) is 1.76. The molecule has 1 atom stereocenters. The first kappa shape index (κ1) is 22.3. The van der Waals surface area contributed by atoms with Crippen LogP contribution in [0.1, 0.15) is 38.2 Å². The molecule has 3 heterocycles. The lowest BCUT2D eigenvalue weighted by atomic mass is 9.74. The van der Waals surface area contributed by atoms with Crippen molar-refractivity contribution in [2.75, 3.05) is 43.1 Å². The summed E-state index contributed by atoms with van der Waals surface area (Å²) in [6.07, 6.45) is 6.28. The number of nitrogens with one attached hydrogen (secondary N) is 2. The molecule has 5 nitrogen and oxygen atoms in total. The van der Waals surface area contributed by atoms with E-state index in [0.29, 0.717) is 5.11 Å². The monoisotopic (exact) mass is 458 g/mol. The molecule has 2 fully saturated rings. The Hall–Kier alpha value is -1.89. The highest BCUT2D eigenvalue weighted by atomic mass is 35.5. The number of pyridine rings is 1. The summed E-state index contributed by atoms with van der Waals surface area (Å²) in [6, 6.07) is 12.3. The largest absolute Gasteiger partial charge is 0.381 e. The maximum absolute atomic E-state index is 6.27. The van der Waals surface area contributed by atoms with Crippen LogP contribution in [0.4, 0.5) is 11.5 Å². The second kappa shape index (κ2) is 10.2. The third kappa shape index (κ3) is 5.68. The van der Waals surface area contributed by atoms with Crippen molar-refractivity contribution in [1.82, 2.24) is 10.3 Å². The second-order valence-electron chi connectivity index (χ2n) is 8.81. The highest BCUT2D eigenvalue weighted by Gasteiger charge is 2.34. The van der Waals surface area contributed by atoms with Gasteiger partial charge in [0, 0.05) is 43.3 Å². The number of rotatable bonds is 5. The van der Waals surface area contributed by atoms with Crippen LogP contribution in [-0.2, 0) is 10.2 Å². The zero-order chi connectivity index (χ0) is 21.7. The minimum Gasteiger partial charge on any atom is -0.381 e. The van der Waals surface area contributed by atoms with Crippen molar-refractivity contribution >= 4 is 40.4 Å². The summed E-state index contributed by atoms with van der Waals surface area (Å²) < 4.78 is 5.63. The summed E-state index contributed by atoms with van der Waals surface area (Å²) in [7, 11) is 0. The number of aromatic nitrogens is 1. The first-order valence-corrected chi connectivity index (χ1v) is 11.9. The molecule has 2 aromatic rings. The van der Waals surface area contributed by atoms with Gasteiger partial charge in [0.25, 0.3) is 0 Å². The minimum atomic E-state index is -0.0397. The zero-order valence-electron chi connectivity index (χ0n) is 18.1. The Kier molecular flexibility index (Phi) is 7.31. The van der Waals surface area contributed by atoms with E-state index < -0.39 is 0 Å². The van der Waals surface area contributed by atoms with Gasteiger partial charge >= 0.3 is 0 Å². The van der Waals surface area contributed by atoms with Gasteiger partial charge in [0.15, 0.2) is 5.11 Å². The van der Waals surface area contributed by atoms with E-state index in [0.717, 1.165) is 68.1 Å². The normalized spacial score (nSPS) is 20.8. The van der Waals surface area contributed by atoms with Gasteiger partial charge in [-0.3, -0.25) is 0 Å². The first-order valence-electron chi connectivity index (χ1n) is 11.1. The summed E-state index contributed by atoms with van der Waals surface area (Å²) >= 11 is 11.9. The van der Waals surface area contributed by atoms with Crippen molar-refractivity contribution in [2.45, 2.75) is 38.0 Å². The van der Waals surface area contributed by atoms with Gasteiger partial charge in [-0.15, -0.1) is 0 Å². The molecule has 2 N–H and O–H groups in total. The average molecular weight is 459 g/mol. The Bertz CT molecular complexity index is 885. The number of anilines is 2. The molecule has 0 spiro atoms. The lowest BCUT2D eigenvalue weighted by Gasteiger charge is -2.38. The van der Waals surface area contributed by atoms with Crippen molar-refractivity contribution in [1.29, 1.82) is 0 Å². The fourth-order valence-electron chi connectivity index (χ4n) is 4.62. The number of hydrogen-bond donors (Lipinski definition) is 2. The molecule has 2 aliphatic heterocycles. The Morgan fingerprint density at radius 2 is 2.13 bits per heavy atom. The van der Waals surface area contributed by atoms with Crippen LogP contribution in [0.15, 0.2) is 42.6 Å². The number of thiocarbonyl (C=S) groups is 1. The van der Waals surface area contributed by atoms with Gasteiger partial charge in [0.05, 0.1) is 11.9 Å². The molecular formula is C24H31ClN4OS. The molecule has 0 radical (unpaired) electrons. The standard InChI is InChI=1S/C24H31ClN4OS/c1-18-4-3-11-29(16-18)22-8-7-21(15-26-22)28-23(31)27-17-24(9-12-30-13-10-24)19-5-2-6-20(25)14-19/h2,5-8,14-15,18H,3-4,9-13,16-17H2,1H3,(H2,27,28,31)/t18-/m0/s1. The molecule has 2 saturated heterocycles. The molecule has 4 rings (SSSR count). The van der Waals surface area contributed by atoms with Crippen LogP contribution in [0.5, 0.6) is 0 Å². The molecule has 0 aliphatic carbocycles. The van der Waals surface area contributed by atoms with Crippen LogP contribution in [-0.4, -0.2) is 42.9 Å². The van der Waals surface area contributed by atoms with Gasteiger partial charge in [0.2, 0.25) is 0 Å². The van der Waals surface area contributed by atoms with E-state index in [1.165, 1.54) is 18.4 Å². The van der Waals surface area contributed by atoms with E-state index in [2.05, 4.69) is 51.7 Å². The molecular weight excluding hydrogens is 428 g/mol. The quantitative estimate of drug-likeness (QED) is 0.614. The van der Waals surface area contributed by atoms with Crippen LogP contribution in [0, 0.1) is 5.92 Å². The molecule has 2 aliphatic rings. The minimum absolute atomic E-state index is 0.0397. The van der Waals surface area contributed by atoms with Crippen LogP contribution in [0.2, 0.25) is 5.02 Å². The summed E-state index contributed by atoms with van der Waals surface area (Å²) in [5.41, 5.74) is 2.09. The smallest absolute Gasteiger partial charge is 0.170 e. The van der Waals surface area contributed by atoms with Crippen molar-refractivity contribution < 1.29 is 4.74 Å². The second-order valence-corrected chi connectivity index (χ2v) is 9.65. The van der Waals surface area contributed by atoms with Gasteiger partial charge < -0.3 is 20.3 Å². The molecule has 0 saturated carbocycles. The number of halogens is 1. The SMILES string of the molecule is C[C@H]1CCCN(c2ccc(NC(=S)NCC3(c4cccc(Cl)c4)CCOCC3)cn2)C1. The van der Waals surface area contributed by atoms with E-state index >= 15 is 0 Å². The van der Waals surface area contributed by atoms with Crippen LogP contribution in [0.3, 0.4) is 0 Å². The molecule has 7 heteroatoms. The highest BCUT2D eigenvalue weighted by Crippen LogP contribution is 2.35. The van der Waals surface area contributed by atoms with E-state index in [4.69, 9.17) is 28.6 Å². The van der Waals surface area contributed by atoms with Crippen LogP contribution in [0.25, 0.3) is 0 Å². The zero-order valence-corrected chi connectivity index (χ0v) is 19.6. The van der Waals surface area contributed by atoms with E-state index in [9.17, 15) is 0 Å². The van der Waals surface area contributed by atoms with Crippen molar-refractivity contribution in [3.63, 3.8) is 0 Å². The van der Waals surface area contributed by atoms with Gasteiger partial charge in [-0.1, -0.05) is 30.7 Å². The van der Waals surface area contributed by atoms with E-state index in [-0.39, 0.29) is 5.41 Å². The maximum atomic E-state index is 6.27. The van der Waals surface area contributed by atoms with E-state index in [1.807, 2.05) is 18.3 Å². The van der Waals surface area contributed by atoms with Crippen LogP contribution < -0.4 is 15.5 Å². The predicted molar refractivity (Wildman–Crippen MR) is 132 cm³/mol. The maximum Gasteiger partial charge on any atom is 0.170 e. The lowest BCUT2D eigenvalue weighted by molar-refractivity contribution is 0.0515. The first-order chi connectivity index (χ1) is 15.0. The highest BCUT2D eigenvalue weighted by molar-refractivity contribution is 7.80. The Labute approximate surface area is 195 Å². The molecule has 1 aromatic heterocycles. The van der Waals surface area contributed by atoms with Gasteiger partial charge in [-0.2, -0.15) is 0 Å². The summed E-state index contributed by atoms with van der Waals surface area (Å²) in [4.78, 5) is 7.03. The number of ether oxygens (including phenoxy) is 1.